The largest absolute Gasteiger partial charge is 0.494 e. The van der Waals surface area contributed by atoms with Crippen molar-refractivity contribution >= 4 is 10.0 Å². The second-order valence-corrected chi connectivity index (χ2v) is 6.46. The average Bonchev–Trinajstić information content (AvgIpc) is 3.03. The number of benzene rings is 2. The summed E-state index contributed by atoms with van der Waals surface area (Å²) in [7, 11) is -2.41. The van der Waals surface area contributed by atoms with Crippen molar-refractivity contribution in [2.24, 2.45) is 5.14 Å². The highest BCUT2D eigenvalue weighted by atomic mass is 32.2. The van der Waals surface area contributed by atoms with E-state index >= 15 is 0 Å². The summed E-state index contributed by atoms with van der Waals surface area (Å²) in [6, 6.07) is 10.1. The Morgan fingerprint density at radius 2 is 1.83 bits per heavy atom. The number of hydrogen-bond donors (Lipinski definition) is 1. The molecule has 2 aromatic carbocycles. The fraction of sp³-hybridized carbons (Fsp3) is 0.0625. The minimum absolute atomic E-state index is 0.0178. The van der Waals surface area contributed by atoms with Gasteiger partial charge in [-0.25, -0.2) is 22.9 Å². The number of primary sulfonamides is 1. The molecule has 0 amide bonds. The molecule has 0 saturated heterocycles. The van der Waals surface area contributed by atoms with Gasteiger partial charge in [0.15, 0.2) is 17.3 Å². The fourth-order valence-corrected chi connectivity index (χ4v) is 2.73. The number of ether oxygens (including phenoxy) is 1. The summed E-state index contributed by atoms with van der Waals surface area (Å²) in [5.41, 5.74) is 1.44. The molecule has 0 aliphatic rings. The van der Waals surface area contributed by atoms with Gasteiger partial charge in [0.2, 0.25) is 10.0 Å². The number of halogens is 1. The van der Waals surface area contributed by atoms with Crippen LogP contribution < -0.4 is 9.88 Å². The maximum absolute atomic E-state index is 13.9. The van der Waals surface area contributed by atoms with Crippen LogP contribution in [0.25, 0.3) is 22.6 Å². The van der Waals surface area contributed by atoms with E-state index in [0.717, 1.165) is 0 Å². The van der Waals surface area contributed by atoms with Crippen molar-refractivity contribution in [2.75, 3.05) is 7.11 Å². The van der Waals surface area contributed by atoms with Gasteiger partial charge in [-0.15, -0.1) is 0 Å². The van der Waals surface area contributed by atoms with Gasteiger partial charge in [0.25, 0.3) is 6.39 Å². The number of nitrogens with zero attached hydrogens (tertiary/aromatic N) is 1. The lowest BCUT2D eigenvalue weighted by molar-refractivity contribution is 0.386. The Morgan fingerprint density at radius 1 is 1.17 bits per heavy atom. The highest BCUT2D eigenvalue weighted by molar-refractivity contribution is 7.89. The molecule has 0 bridgehead atoms. The topological polar surface area (TPSA) is 95.4 Å². The zero-order valence-electron chi connectivity index (χ0n) is 12.5. The van der Waals surface area contributed by atoms with Crippen molar-refractivity contribution in [2.45, 2.75) is 4.90 Å². The summed E-state index contributed by atoms with van der Waals surface area (Å²) in [6.45, 7) is 0. The van der Waals surface area contributed by atoms with Crippen LogP contribution in [0.5, 0.6) is 5.75 Å². The smallest absolute Gasteiger partial charge is 0.284 e. The van der Waals surface area contributed by atoms with Gasteiger partial charge in [-0.2, -0.15) is 0 Å². The molecule has 0 aliphatic heterocycles. The van der Waals surface area contributed by atoms with Crippen LogP contribution in [0.1, 0.15) is 0 Å². The number of rotatable bonds is 4. The molecule has 1 radical (unpaired) electrons. The standard InChI is InChI=1S/C16H12FN2O4S/c1-22-14-7-4-11(8-13(14)17)16-15(19-9-23-16)10-2-5-12(6-3-10)24(18,20)21/h2-8H,1H3,(H2,18,20,21). The first-order chi connectivity index (χ1) is 11.4. The molecule has 1 aromatic heterocycles. The van der Waals surface area contributed by atoms with Gasteiger partial charge in [0.05, 0.1) is 12.0 Å². The SMILES string of the molecule is COc1ccc(-c2o[c]nc2-c2ccc(S(N)(=O)=O)cc2)cc1F. The summed E-state index contributed by atoms with van der Waals surface area (Å²) in [4.78, 5) is 3.98. The lowest BCUT2D eigenvalue weighted by Gasteiger charge is -2.05. The maximum Gasteiger partial charge on any atom is 0.284 e. The number of oxazole rings is 1. The van der Waals surface area contributed by atoms with Crippen molar-refractivity contribution < 1.29 is 22.0 Å². The summed E-state index contributed by atoms with van der Waals surface area (Å²) in [6.07, 6.45) is 2.37. The molecular weight excluding hydrogens is 335 g/mol. The van der Waals surface area contributed by atoms with Gasteiger partial charge in [-0.05, 0) is 30.3 Å². The minimum Gasteiger partial charge on any atom is -0.494 e. The second kappa shape index (κ2) is 6.06. The molecule has 3 rings (SSSR count). The fourth-order valence-electron chi connectivity index (χ4n) is 2.21. The molecule has 0 spiro atoms. The highest BCUT2D eigenvalue weighted by Gasteiger charge is 2.16. The summed E-state index contributed by atoms with van der Waals surface area (Å²) >= 11 is 0. The predicted molar refractivity (Wildman–Crippen MR) is 84.1 cm³/mol. The molecule has 6 nitrogen and oxygen atoms in total. The zero-order chi connectivity index (χ0) is 17.3. The van der Waals surface area contributed by atoms with E-state index in [0.29, 0.717) is 22.6 Å². The lowest BCUT2D eigenvalue weighted by Crippen LogP contribution is -2.11. The van der Waals surface area contributed by atoms with Crippen molar-refractivity contribution in [3.8, 4) is 28.3 Å². The molecule has 2 N–H and O–H groups in total. The molecule has 3 aromatic rings. The van der Waals surface area contributed by atoms with Gasteiger partial charge >= 0.3 is 0 Å². The van der Waals surface area contributed by atoms with E-state index < -0.39 is 15.8 Å². The first-order valence-electron chi connectivity index (χ1n) is 6.74. The normalized spacial score (nSPS) is 11.5. The average molecular weight is 347 g/mol. The summed E-state index contributed by atoms with van der Waals surface area (Å²) in [5.74, 6) is -0.122. The van der Waals surface area contributed by atoms with Crippen LogP contribution in [0.4, 0.5) is 4.39 Å². The van der Waals surface area contributed by atoms with Gasteiger partial charge in [0.1, 0.15) is 5.69 Å². The van der Waals surface area contributed by atoms with Gasteiger partial charge in [-0.3, -0.25) is 0 Å². The van der Waals surface area contributed by atoms with Crippen molar-refractivity contribution in [3.63, 3.8) is 0 Å². The van der Waals surface area contributed by atoms with Crippen molar-refractivity contribution in [1.29, 1.82) is 0 Å². The highest BCUT2D eigenvalue weighted by Crippen LogP contribution is 2.33. The van der Waals surface area contributed by atoms with Crippen LogP contribution in [0.15, 0.2) is 51.8 Å². The Bertz CT molecular complexity index is 982. The van der Waals surface area contributed by atoms with Gasteiger partial charge < -0.3 is 9.15 Å². The van der Waals surface area contributed by atoms with Crippen LogP contribution in [0, 0.1) is 12.2 Å². The Hall–Kier alpha value is -2.71. The predicted octanol–water partition coefficient (Wildman–Crippen LogP) is 2.60. The number of aromatic nitrogens is 1. The molecule has 0 fully saturated rings. The molecule has 123 valence electrons. The Balaban J connectivity index is 2.03. The molecule has 0 saturated carbocycles. The number of methoxy groups -OCH3 is 1. The number of sulfonamides is 1. The van der Waals surface area contributed by atoms with Gasteiger partial charge in [-0.1, -0.05) is 12.1 Å². The van der Waals surface area contributed by atoms with E-state index in [4.69, 9.17) is 14.3 Å². The molecule has 0 unspecified atom stereocenters. The molecular formula is C16H12FN2O4S. The van der Waals surface area contributed by atoms with Crippen LogP contribution >= 0.6 is 0 Å². The summed E-state index contributed by atoms with van der Waals surface area (Å²) in [5, 5.41) is 5.07. The molecule has 24 heavy (non-hydrogen) atoms. The lowest BCUT2D eigenvalue weighted by atomic mass is 10.1. The first kappa shape index (κ1) is 16.2. The van der Waals surface area contributed by atoms with Crippen LogP contribution in [0.2, 0.25) is 0 Å². The summed E-state index contributed by atoms with van der Waals surface area (Å²) < 4.78 is 46.6. The van der Waals surface area contributed by atoms with Crippen molar-refractivity contribution in [3.05, 3.63) is 54.7 Å². The van der Waals surface area contributed by atoms with E-state index in [2.05, 4.69) is 11.4 Å². The van der Waals surface area contributed by atoms with E-state index in [-0.39, 0.29) is 10.6 Å². The quantitative estimate of drug-likeness (QED) is 0.783. The number of hydrogen-bond acceptors (Lipinski definition) is 5. The molecule has 0 aliphatic carbocycles. The third-order valence-corrected chi connectivity index (χ3v) is 4.32. The van der Waals surface area contributed by atoms with E-state index in [9.17, 15) is 12.8 Å². The minimum atomic E-state index is -3.78. The third-order valence-electron chi connectivity index (χ3n) is 3.39. The molecule has 1 heterocycles. The Kier molecular flexibility index (Phi) is 4.08. The van der Waals surface area contributed by atoms with E-state index in [1.807, 2.05) is 0 Å². The Morgan fingerprint density at radius 3 is 2.42 bits per heavy atom. The van der Waals surface area contributed by atoms with E-state index in [1.54, 1.807) is 6.07 Å². The maximum atomic E-state index is 13.9. The van der Waals surface area contributed by atoms with Gasteiger partial charge in [0, 0.05) is 11.1 Å². The second-order valence-electron chi connectivity index (χ2n) is 4.90. The first-order valence-corrected chi connectivity index (χ1v) is 8.29. The Labute approximate surface area is 137 Å². The van der Waals surface area contributed by atoms with Crippen LogP contribution in [-0.4, -0.2) is 20.5 Å². The molecule has 0 atom stereocenters. The number of nitrogens with two attached hydrogens (primary N) is 1. The molecule has 8 heteroatoms. The van der Waals surface area contributed by atoms with E-state index in [1.165, 1.54) is 43.5 Å². The van der Waals surface area contributed by atoms with Crippen molar-refractivity contribution in [1.82, 2.24) is 4.98 Å². The third kappa shape index (κ3) is 3.01. The zero-order valence-corrected chi connectivity index (χ0v) is 13.3. The van der Waals surface area contributed by atoms with Crippen LogP contribution in [0.3, 0.4) is 0 Å². The monoisotopic (exact) mass is 347 g/mol. The van der Waals surface area contributed by atoms with Crippen LogP contribution in [-0.2, 0) is 10.0 Å².